The van der Waals surface area contributed by atoms with Gasteiger partial charge in [-0.05, 0) is 123 Å². The van der Waals surface area contributed by atoms with Crippen LogP contribution in [0.2, 0.25) is 0 Å². The molecule has 4 aromatic rings. The number of hydrogen-bond donors (Lipinski definition) is 2. The highest BCUT2D eigenvalue weighted by Crippen LogP contribution is 2.49. The number of nitrogens with zero attached hydrogens (tertiary/aromatic N) is 2. The van der Waals surface area contributed by atoms with Gasteiger partial charge in [-0.2, -0.15) is 4.58 Å². The van der Waals surface area contributed by atoms with E-state index in [9.17, 15) is 0 Å². The van der Waals surface area contributed by atoms with Crippen molar-refractivity contribution in [3.63, 3.8) is 0 Å². The fourth-order valence-corrected chi connectivity index (χ4v) is 9.04. The Balaban J connectivity index is 1.16. The SMILES string of the molecule is CCCCN1/C(=C\C=C2/CCC(/C=C/C3=[N+](CCCC)c4ccc(Nc5ccccc5C)cc4C3(C)C)=C2Cl)C(C)(C)c2cc(Nc3ccccc3C)ccc21. The van der Waals surface area contributed by atoms with Crippen LogP contribution in [0.3, 0.4) is 0 Å². The molecule has 1 aliphatic carbocycles. The molecule has 0 amide bonds. The van der Waals surface area contributed by atoms with Gasteiger partial charge in [0.25, 0.3) is 0 Å². The van der Waals surface area contributed by atoms with E-state index in [0.29, 0.717) is 0 Å². The number of aryl methyl sites for hydroxylation is 2. The second kappa shape index (κ2) is 16.4. The molecule has 0 unspecified atom stereocenters. The zero-order valence-electron chi connectivity index (χ0n) is 34.8. The van der Waals surface area contributed by atoms with E-state index in [-0.39, 0.29) is 10.8 Å². The van der Waals surface area contributed by atoms with Gasteiger partial charge in [0.05, 0.1) is 5.41 Å². The van der Waals surface area contributed by atoms with E-state index in [1.165, 1.54) is 56.2 Å². The van der Waals surface area contributed by atoms with Crippen molar-refractivity contribution in [3.8, 4) is 0 Å². The van der Waals surface area contributed by atoms with Crippen molar-refractivity contribution >= 4 is 51.4 Å². The highest BCUT2D eigenvalue weighted by molar-refractivity contribution is 6.33. The Bertz CT molecular complexity index is 2280. The van der Waals surface area contributed by atoms with E-state index in [1.54, 1.807) is 0 Å². The molecular weight excluding hydrogens is 704 g/mol. The molecule has 0 atom stereocenters. The molecule has 3 aliphatic rings. The lowest BCUT2D eigenvalue weighted by Gasteiger charge is -2.27. The Kier molecular flexibility index (Phi) is 11.5. The third-order valence-corrected chi connectivity index (χ3v) is 12.7. The Labute approximate surface area is 341 Å². The van der Waals surface area contributed by atoms with Crippen LogP contribution in [0.5, 0.6) is 0 Å². The summed E-state index contributed by atoms with van der Waals surface area (Å²) < 4.78 is 2.55. The molecule has 0 saturated heterocycles. The van der Waals surface area contributed by atoms with Crippen molar-refractivity contribution in [3.05, 3.63) is 153 Å². The maximum atomic E-state index is 7.27. The molecule has 2 aliphatic heterocycles. The number of nitrogens with one attached hydrogen (secondary N) is 2. The average molecular weight is 765 g/mol. The maximum absolute atomic E-state index is 7.27. The van der Waals surface area contributed by atoms with Crippen molar-refractivity contribution in [2.24, 2.45) is 0 Å². The highest BCUT2D eigenvalue weighted by atomic mass is 35.5. The topological polar surface area (TPSA) is 30.3 Å². The summed E-state index contributed by atoms with van der Waals surface area (Å²) in [5, 5.41) is 8.26. The minimum atomic E-state index is -0.155. The number of halogens is 1. The van der Waals surface area contributed by atoms with Gasteiger partial charge in [-0.25, -0.2) is 0 Å². The summed E-state index contributed by atoms with van der Waals surface area (Å²) in [6.07, 6.45) is 15.8. The molecule has 2 N–H and O–H groups in total. The molecule has 56 heavy (non-hydrogen) atoms. The van der Waals surface area contributed by atoms with Gasteiger partial charge in [-0.3, -0.25) is 0 Å². The van der Waals surface area contributed by atoms with Gasteiger partial charge in [-0.1, -0.05) is 101 Å². The second-order valence-corrected chi connectivity index (χ2v) is 17.3. The maximum Gasteiger partial charge on any atom is 0.209 e. The van der Waals surface area contributed by atoms with Gasteiger partial charge >= 0.3 is 0 Å². The number of hydrogen-bond acceptors (Lipinski definition) is 3. The summed E-state index contributed by atoms with van der Waals surface area (Å²) in [6, 6.07) is 30.7. The Hall–Kier alpha value is -4.80. The first-order chi connectivity index (χ1) is 26.9. The number of rotatable bonds is 13. The first-order valence-corrected chi connectivity index (χ1v) is 21.2. The van der Waals surface area contributed by atoms with Crippen LogP contribution >= 0.6 is 11.6 Å². The fraction of sp³-hybridized carbons (Fsp3) is 0.353. The van der Waals surface area contributed by atoms with Crippen LogP contribution < -0.4 is 15.5 Å². The molecule has 4 aromatic carbocycles. The van der Waals surface area contributed by atoms with Crippen LogP contribution in [0.4, 0.5) is 34.1 Å². The van der Waals surface area contributed by atoms with Crippen molar-refractivity contribution in [1.29, 1.82) is 0 Å². The lowest BCUT2D eigenvalue weighted by Crippen LogP contribution is -2.28. The van der Waals surface area contributed by atoms with E-state index >= 15 is 0 Å². The summed E-state index contributed by atoms with van der Waals surface area (Å²) >= 11 is 7.27. The van der Waals surface area contributed by atoms with Gasteiger partial charge in [0.15, 0.2) is 5.71 Å². The van der Waals surface area contributed by atoms with Crippen LogP contribution in [0.25, 0.3) is 0 Å². The van der Waals surface area contributed by atoms with E-state index in [4.69, 9.17) is 11.6 Å². The normalized spacial score (nSPS) is 18.5. The number of para-hydroxylation sites is 2. The van der Waals surface area contributed by atoms with Gasteiger partial charge in [0, 0.05) is 75.3 Å². The van der Waals surface area contributed by atoms with Crippen molar-refractivity contribution in [1.82, 2.24) is 0 Å². The predicted octanol–water partition coefficient (Wildman–Crippen LogP) is 14.2. The fourth-order valence-electron chi connectivity index (χ4n) is 8.73. The minimum absolute atomic E-state index is 0.155. The summed E-state index contributed by atoms with van der Waals surface area (Å²) in [7, 11) is 0. The standard InChI is InChI=1S/C51H60ClN4/c1-9-11-31-55-45-27-25-39(53-43-19-15-13-17-35(43)3)33-41(45)50(5,6)47(55)29-23-37-21-22-38(49(37)52)24-30-48-51(7,8)42-34-40(54-44-20-16-14-18-36(44)4)26-28-46(42)56(48)32-12-10-2/h13-20,23-30,33-34,53-54H,9-12,21-22,31-32H2,1-8H3/q+1. The van der Waals surface area contributed by atoms with Gasteiger partial charge in [0.2, 0.25) is 5.69 Å². The number of allylic oxidation sites excluding steroid dienone is 8. The third-order valence-electron chi connectivity index (χ3n) is 12.2. The molecule has 0 saturated carbocycles. The zero-order valence-corrected chi connectivity index (χ0v) is 35.6. The van der Waals surface area contributed by atoms with Crippen molar-refractivity contribution in [2.45, 2.75) is 105 Å². The molecule has 290 valence electrons. The quantitative estimate of drug-likeness (QED) is 0.133. The van der Waals surface area contributed by atoms with Crippen LogP contribution in [0.15, 0.2) is 131 Å². The summed E-state index contributed by atoms with van der Waals surface area (Å²) in [6.45, 7) is 20.3. The molecule has 0 bridgehead atoms. The molecule has 0 fully saturated rings. The van der Waals surface area contributed by atoms with Crippen LogP contribution in [0.1, 0.15) is 102 Å². The minimum Gasteiger partial charge on any atom is -0.355 e. The van der Waals surface area contributed by atoms with Crippen LogP contribution in [-0.4, -0.2) is 23.4 Å². The van der Waals surface area contributed by atoms with Crippen LogP contribution in [0, 0.1) is 13.8 Å². The Morgan fingerprint density at radius 1 is 0.714 bits per heavy atom. The largest absolute Gasteiger partial charge is 0.355 e. The van der Waals surface area contributed by atoms with E-state index in [0.717, 1.165) is 79.4 Å². The smallest absolute Gasteiger partial charge is 0.209 e. The zero-order chi connectivity index (χ0) is 39.6. The molecule has 0 aromatic heterocycles. The monoisotopic (exact) mass is 763 g/mol. The van der Waals surface area contributed by atoms with Crippen LogP contribution in [-0.2, 0) is 10.8 Å². The summed E-state index contributed by atoms with van der Waals surface area (Å²) in [4.78, 5) is 2.55. The second-order valence-electron chi connectivity index (χ2n) is 16.9. The lowest BCUT2D eigenvalue weighted by molar-refractivity contribution is -0.438. The third kappa shape index (κ3) is 7.65. The van der Waals surface area contributed by atoms with Gasteiger partial charge in [-0.15, -0.1) is 0 Å². The molecule has 7 rings (SSSR count). The van der Waals surface area contributed by atoms with Crippen molar-refractivity contribution < 1.29 is 4.58 Å². The number of fused-ring (bicyclic) bond motifs is 2. The Morgan fingerprint density at radius 3 is 1.98 bits per heavy atom. The molecule has 2 heterocycles. The Morgan fingerprint density at radius 2 is 1.34 bits per heavy atom. The van der Waals surface area contributed by atoms with Crippen molar-refractivity contribution in [2.75, 3.05) is 28.6 Å². The first-order valence-electron chi connectivity index (χ1n) is 20.8. The molecule has 4 nitrogen and oxygen atoms in total. The number of anilines is 5. The van der Waals surface area contributed by atoms with E-state index in [2.05, 4.69) is 185 Å². The first kappa shape index (κ1) is 39.4. The predicted molar refractivity (Wildman–Crippen MR) is 242 cm³/mol. The van der Waals surface area contributed by atoms with E-state index < -0.39 is 0 Å². The number of benzene rings is 4. The van der Waals surface area contributed by atoms with Gasteiger partial charge in [0.1, 0.15) is 6.54 Å². The highest BCUT2D eigenvalue weighted by Gasteiger charge is 2.44. The van der Waals surface area contributed by atoms with E-state index in [1.807, 2.05) is 0 Å². The molecule has 0 spiro atoms. The van der Waals surface area contributed by atoms with Gasteiger partial charge < -0.3 is 15.5 Å². The number of unbranched alkanes of at least 4 members (excludes halogenated alkanes) is 2. The summed E-state index contributed by atoms with van der Waals surface area (Å²) in [5.41, 5.74) is 17.1. The molecule has 5 heteroatoms. The lowest BCUT2D eigenvalue weighted by atomic mass is 9.81. The molecular formula is C51H60ClN4+. The molecule has 0 radical (unpaired) electrons. The summed E-state index contributed by atoms with van der Waals surface area (Å²) in [5.74, 6) is 0. The average Bonchev–Trinajstić information content (AvgIpc) is 3.71.